The Kier molecular flexibility index (Phi) is 5.12. The molecule has 0 aliphatic carbocycles. The zero-order valence-electron chi connectivity index (χ0n) is 10.5. The Hall–Kier alpha value is -0.980. The van der Waals surface area contributed by atoms with Crippen LogP contribution in [0.5, 0.6) is 0 Å². The lowest BCUT2D eigenvalue weighted by Crippen LogP contribution is -2.20. The molecule has 0 unspecified atom stereocenters. The molecule has 0 fully saturated rings. The highest BCUT2D eigenvalue weighted by Crippen LogP contribution is 2.29. The first-order chi connectivity index (χ1) is 9.45. The van der Waals surface area contributed by atoms with Gasteiger partial charge in [0.15, 0.2) is 5.11 Å². The molecule has 0 bridgehead atoms. The lowest BCUT2D eigenvalue weighted by Gasteiger charge is -2.13. The van der Waals surface area contributed by atoms with Crippen LogP contribution in [0.4, 0.5) is 15.8 Å². The molecule has 2 rings (SSSR count). The normalized spacial score (nSPS) is 10.2. The molecule has 0 saturated heterocycles. The van der Waals surface area contributed by atoms with Crippen LogP contribution in [0, 0.1) is 12.7 Å². The second-order valence-corrected chi connectivity index (χ2v) is 6.37. The molecule has 0 saturated carbocycles. The van der Waals surface area contributed by atoms with Crippen molar-refractivity contribution in [3.05, 3.63) is 56.7 Å². The Morgan fingerprint density at radius 1 is 1.15 bits per heavy atom. The van der Waals surface area contributed by atoms with Crippen LogP contribution in [-0.2, 0) is 0 Å². The van der Waals surface area contributed by atoms with E-state index < -0.39 is 0 Å². The fraction of sp³-hybridized carbons (Fsp3) is 0.0714. The van der Waals surface area contributed by atoms with Crippen molar-refractivity contribution in [3.8, 4) is 0 Å². The standard InChI is InChI=1S/C14H11Br2FN2S/c1-8-3-2-4-10(5-8)18-14(20)19-13-11(16)6-9(15)7-12(13)17/h2-7H,1H3,(H2,18,19,20). The third-order valence-corrected chi connectivity index (χ3v) is 3.81. The van der Waals surface area contributed by atoms with E-state index in [0.29, 0.717) is 19.7 Å². The molecule has 0 atom stereocenters. The van der Waals surface area contributed by atoms with Gasteiger partial charge in [-0.05, 0) is 64.9 Å². The molecule has 2 aromatic carbocycles. The van der Waals surface area contributed by atoms with Gasteiger partial charge in [0.2, 0.25) is 0 Å². The first kappa shape index (κ1) is 15.4. The van der Waals surface area contributed by atoms with Crippen LogP contribution in [0.3, 0.4) is 0 Å². The number of aryl methyl sites for hydroxylation is 1. The fourth-order valence-electron chi connectivity index (χ4n) is 1.66. The minimum Gasteiger partial charge on any atom is -0.332 e. The van der Waals surface area contributed by atoms with Crippen LogP contribution in [0.15, 0.2) is 45.3 Å². The molecule has 2 nitrogen and oxygen atoms in total. The molecule has 0 amide bonds. The minimum absolute atomic E-state index is 0.304. The molecule has 104 valence electrons. The topological polar surface area (TPSA) is 24.1 Å². The van der Waals surface area contributed by atoms with Crippen LogP contribution in [0.2, 0.25) is 0 Å². The quantitative estimate of drug-likeness (QED) is 0.633. The van der Waals surface area contributed by atoms with E-state index in [1.165, 1.54) is 6.07 Å². The molecular formula is C14H11Br2FN2S. The number of nitrogens with one attached hydrogen (secondary N) is 2. The third kappa shape index (κ3) is 4.01. The number of hydrogen-bond donors (Lipinski definition) is 2. The molecule has 20 heavy (non-hydrogen) atoms. The van der Waals surface area contributed by atoms with Gasteiger partial charge < -0.3 is 10.6 Å². The number of thiocarbonyl (C=S) groups is 1. The Morgan fingerprint density at radius 3 is 2.55 bits per heavy atom. The molecular weight excluding hydrogens is 407 g/mol. The van der Waals surface area contributed by atoms with E-state index in [4.69, 9.17) is 12.2 Å². The summed E-state index contributed by atoms with van der Waals surface area (Å²) in [5, 5.41) is 6.20. The van der Waals surface area contributed by atoms with E-state index in [0.717, 1.165) is 11.3 Å². The van der Waals surface area contributed by atoms with Gasteiger partial charge in [-0.2, -0.15) is 0 Å². The predicted octanol–water partition coefficient (Wildman–Crippen LogP) is 5.47. The lowest BCUT2D eigenvalue weighted by molar-refractivity contribution is 0.630. The van der Waals surface area contributed by atoms with Crippen molar-refractivity contribution in [2.24, 2.45) is 0 Å². The molecule has 0 spiro atoms. The number of anilines is 2. The maximum Gasteiger partial charge on any atom is 0.175 e. The van der Waals surface area contributed by atoms with Crippen molar-refractivity contribution in [2.75, 3.05) is 10.6 Å². The summed E-state index contributed by atoms with van der Waals surface area (Å²) in [6.45, 7) is 1.99. The summed E-state index contributed by atoms with van der Waals surface area (Å²) >= 11 is 11.7. The SMILES string of the molecule is Cc1cccc(NC(=S)Nc2c(F)cc(Br)cc2Br)c1. The van der Waals surface area contributed by atoms with Gasteiger partial charge in [0.1, 0.15) is 5.82 Å². The van der Waals surface area contributed by atoms with Gasteiger partial charge in [0, 0.05) is 14.6 Å². The number of hydrogen-bond acceptors (Lipinski definition) is 1. The summed E-state index contributed by atoms with van der Waals surface area (Å²) in [5.41, 5.74) is 2.28. The third-order valence-electron chi connectivity index (χ3n) is 2.52. The van der Waals surface area contributed by atoms with Crippen molar-refractivity contribution >= 4 is 60.6 Å². The van der Waals surface area contributed by atoms with E-state index in [-0.39, 0.29) is 5.82 Å². The van der Waals surface area contributed by atoms with Crippen molar-refractivity contribution in [2.45, 2.75) is 6.92 Å². The smallest absolute Gasteiger partial charge is 0.175 e. The second-order valence-electron chi connectivity index (χ2n) is 4.19. The Bertz CT molecular complexity index is 638. The summed E-state index contributed by atoms with van der Waals surface area (Å²) in [6.07, 6.45) is 0. The van der Waals surface area contributed by atoms with Gasteiger partial charge >= 0.3 is 0 Å². The molecule has 6 heteroatoms. The maximum atomic E-state index is 13.9. The van der Waals surface area contributed by atoms with Gasteiger partial charge in [0.05, 0.1) is 5.69 Å². The van der Waals surface area contributed by atoms with E-state index in [1.54, 1.807) is 6.07 Å². The summed E-state index contributed by atoms with van der Waals surface area (Å²) in [6, 6.07) is 10.9. The van der Waals surface area contributed by atoms with Crippen molar-refractivity contribution in [3.63, 3.8) is 0 Å². The molecule has 0 aliphatic rings. The second kappa shape index (κ2) is 6.65. The predicted molar refractivity (Wildman–Crippen MR) is 92.8 cm³/mol. The van der Waals surface area contributed by atoms with E-state index in [9.17, 15) is 4.39 Å². The molecule has 2 N–H and O–H groups in total. The van der Waals surface area contributed by atoms with E-state index in [1.807, 2.05) is 31.2 Å². The summed E-state index contributed by atoms with van der Waals surface area (Å²) in [4.78, 5) is 0. The van der Waals surface area contributed by atoms with Gasteiger partial charge in [-0.3, -0.25) is 0 Å². The van der Waals surface area contributed by atoms with Gasteiger partial charge in [-0.15, -0.1) is 0 Å². The first-order valence-electron chi connectivity index (χ1n) is 5.75. The van der Waals surface area contributed by atoms with Crippen LogP contribution >= 0.6 is 44.1 Å². The van der Waals surface area contributed by atoms with E-state index >= 15 is 0 Å². The van der Waals surface area contributed by atoms with Gasteiger partial charge in [0.25, 0.3) is 0 Å². The highest BCUT2D eigenvalue weighted by atomic mass is 79.9. The minimum atomic E-state index is -0.389. The fourth-order valence-corrected chi connectivity index (χ4v) is 3.15. The highest BCUT2D eigenvalue weighted by molar-refractivity contribution is 9.11. The Morgan fingerprint density at radius 2 is 1.90 bits per heavy atom. The molecule has 2 aromatic rings. The largest absolute Gasteiger partial charge is 0.332 e. The lowest BCUT2D eigenvalue weighted by atomic mass is 10.2. The van der Waals surface area contributed by atoms with Crippen LogP contribution in [-0.4, -0.2) is 5.11 Å². The average molecular weight is 418 g/mol. The Labute approximate surface area is 139 Å². The van der Waals surface area contributed by atoms with Crippen LogP contribution in [0.25, 0.3) is 0 Å². The van der Waals surface area contributed by atoms with Crippen LogP contribution < -0.4 is 10.6 Å². The summed E-state index contributed by atoms with van der Waals surface area (Å²) < 4.78 is 15.1. The zero-order valence-corrected chi connectivity index (χ0v) is 14.5. The zero-order chi connectivity index (χ0) is 14.7. The Balaban J connectivity index is 2.13. The van der Waals surface area contributed by atoms with Crippen molar-refractivity contribution < 1.29 is 4.39 Å². The first-order valence-corrected chi connectivity index (χ1v) is 7.74. The van der Waals surface area contributed by atoms with E-state index in [2.05, 4.69) is 42.5 Å². The highest BCUT2D eigenvalue weighted by Gasteiger charge is 2.10. The van der Waals surface area contributed by atoms with Crippen molar-refractivity contribution in [1.82, 2.24) is 0 Å². The van der Waals surface area contributed by atoms with Gasteiger partial charge in [-0.1, -0.05) is 28.1 Å². The molecule has 0 aliphatic heterocycles. The number of halogens is 3. The number of rotatable bonds is 2. The maximum absolute atomic E-state index is 13.9. The average Bonchev–Trinajstić information content (AvgIpc) is 2.33. The monoisotopic (exact) mass is 416 g/mol. The van der Waals surface area contributed by atoms with Gasteiger partial charge in [-0.25, -0.2) is 4.39 Å². The number of benzene rings is 2. The van der Waals surface area contributed by atoms with Crippen LogP contribution in [0.1, 0.15) is 5.56 Å². The summed E-state index contributed by atoms with van der Waals surface area (Å²) in [5.74, 6) is -0.389. The van der Waals surface area contributed by atoms with Crippen molar-refractivity contribution in [1.29, 1.82) is 0 Å². The summed E-state index contributed by atoms with van der Waals surface area (Å²) in [7, 11) is 0. The molecule has 0 aromatic heterocycles. The molecule has 0 heterocycles. The molecule has 0 radical (unpaired) electrons.